The van der Waals surface area contributed by atoms with E-state index in [0.717, 1.165) is 10.9 Å². The first-order valence-corrected chi connectivity index (χ1v) is 24.4. The number of hydrogen-bond donors (Lipinski definition) is 14. The van der Waals surface area contributed by atoms with E-state index in [1.807, 2.05) is 25.1 Å². The maximum atomic E-state index is 14.7. The molecule has 0 aliphatic carbocycles. The summed E-state index contributed by atoms with van der Waals surface area (Å²) < 4.78 is 0. The number of H-pyrrole nitrogens is 2. The van der Waals surface area contributed by atoms with Crippen molar-refractivity contribution in [1.82, 2.24) is 57.5 Å². The molecule has 0 saturated carbocycles. The highest BCUT2D eigenvalue weighted by atomic mass is 16.3. The van der Waals surface area contributed by atoms with Crippen LogP contribution in [0, 0.1) is 0 Å². The number of nitrogens with one attached hydrogen (secondary N) is 10. The molecule has 0 radical (unpaired) electrons. The Balaban J connectivity index is 1.56. The van der Waals surface area contributed by atoms with Gasteiger partial charge in [0, 0.05) is 50.0 Å². The number of carbonyl (C=O) groups is 9. The summed E-state index contributed by atoms with van der Waals surface area (Å²) in [6, 6.07) is 3.21. The zero-order valence-electron chi connectivity index (χ0n) is 41.3. The number of imidazole rings is 1. The van der Waals surface area contributed by atoms with Gasteiger partial charge in [-0.1, -0.05) is 50.1 Å². The number of carbonyl (C=O) groups excluding carboxylic acids is 9. The number of aromatic amines is 2. The Morgan fingerprint density at radius 2 is 1.50 bits per heavy atom. The summed E-state index contributed by atoms with van der Waals surface area (Å²) in [4.78, 5) is 139. The van der Waals surface area contributed by atoms with Crippen LogP contribution in [0.15, 0.2) is 72.2 Å². The molecular formula is C49H67N15O10. The number of aliphatic imine (C=N–C) groups is 1. The van der Waals surface area contributed by atoms with Crippen molar-refractivity contribution in [3.8, 4) is 5.75 Å². The second-order valence-corrected chi connectivity index (χ2v) is 18.0. The van der Waals surface area contributed by atoms with E-state index in [0.29, 0.717) is 24.0 Å². The maximum Gasteiger partial charge on any atom is 0.249 e. The summed E-state index contributed by atoms with van der Waals surface area (Å²) >= 11 is 0. The predicted octanol–water partition coefficient (Wildman–Crippen LogP) is -1.41. The van der Waals surface area contributed by atoms with Crippen LogP contribution in [0.1, 0.15) is 94.5 Å². The summed E-state index contributed by atoms with van der Waals surface area (Å²) in [5, 5.41) is 32.0. The molecule has 4 aromatic rings. The lowest BCUT2D eigenvalue weighted by Crippen LogP contribution is -2.59. The number of primary amides is 1. The number of guanidine groups is 1. The molecule has 74 heavy (non-hydrogen) atoms. The van der Waals surface area contributed by atoms with E-state index in [9.17, 15) is 48.3 Å². The number of fused-ring (bicyclic) bond motifs is 1. The van der Waals surface area contributed by atoms with Crippen LogP contribution in [-0.2, 0) is 56.0 Å². The van der Waals surface area contributed by atoms with E-state index in [1.54, 1.807) is 12.3 Å². The largest absolute Gasteiger partial charge is 0.508 e. The molecule has 0 spiro atoms. The van der Waals surface area contributed by atoms with Gasteiger partial charge in [0.2, 0.25) is 53.2 Å². The number of nitrogens with zero attached hydrogens (tertiary/aromatic N) is 2. The zero-order valence-corrected chi connectivity index (χ0v) is 41.3. The van der Waals surface area contributed by atoms with Crippen LogP contribution in [0.5, 0.6) is 5.75 Å². The quantitative estimate of drug-likeness (QED) is 0.0349. The van der Waals surface area contributed by atoms with Crippen LogP contribution >= 0.6 is 0 Å². The molecule has 1 aliphatic rings. The van der Waals surface area contributed by atoms with Crippen LogP contribution in [0.25, 0.3) is 10.9 Å². The first-order chi connectivity index (χ1) is 35.4. The Labute approximate surface area is 426 Å². The van der Waals surface area contributed by atoms with Gasteiger partial charge in [-0.25, -0.2) is 4.98 Å². The molecule has 9 amide bonds. The van der Waals surface area contributed by atoms with Gasteiger partial charge in [-0.2, -0.15) is 0 Å². The number of para-hydroxylation sites is 1. The van der Waals surface area contributed by atoms with Crippen LogP contribution in [0.2, 0.25) is 0 Å². The lowest BCUT2D eigenvalue weighted by atomic mass is 10.0. The molecule has 17 N–H and O–H groups in total. The zero-order chi connectivity index (χ0) is 53.7. The molecular weight excluding hydrogens is 959 g/mol. The molecule has 7 atom stereocenters. The molecule has 398 valence electrons. The minimum atomic E-state index is -1.64. The third kappa shape index (κ3) is 17.4. The van der Waals surface area contributed by atoms with E-state index in [2.05, 4.69) is 62.5 Å². The predicted molar refractivity (Wildman–Crippen MR) is 271 cm³/mol. The smallest absolute Gasteiger partial charge is 0.249 e. The fourth-order valence-electron chi connectivity index (χ4n) is 8.25. The first kappa shape index (κ1) is 56.4. The third-order valence-corrected chi connectivity index (χ3v) is 12.2. The number of phenols is 1. The van der Waals surface area contributed by atoms with Gasteiger partial charge < -0.3 is 74.8 Å². The number of phenolic OH excluding ortho intramolecular Hbond substituents is 1. The van der Waals surface area contributed by atoms with Crippen LogP contribution in [0.3, 0.4) is 0 Å². The van der Waals surface area contributed by atoms with E-state index in [4.69, 9.17) is 17.2 Å². The number of aromatic nitrogens is 3. The number of hydrogen-bond acceptors (Lipinski definition) is 12. The van der Waals surface area contributed by atoms with Crippen molar-refractivity contribution >= 4 is 70.0 Å². The molecule has 1 aliphatic heterocycles. The Morgan fingerprint density at radius 3 is 2.19 bits per heavy atom. The summed E-state index contributed by atoms with van der Waals surface area (Å²) in [7, 11) is 0. The van der Waals surface area contributed by atoms with E-state index in [-0.39, 0.29) is 81.9 Å². The van der Waals surface area contributed by atoms with Gasteiger partial charge in [0.05, 0.1) is 24.6 Å². The second kappa shape index (κ2) is 27.9. The molecule has 5 rings (SSSR count). The van der Waals surface area contributed by atoms with Gasteiger partial charge in [-0.3, -0.25) is 48.1 Å². The summed E-state index contributed by atoms with van der Waals surface area (Å²) in [5.74, 6) is -7.61. The molecule has 3 heterocycles. The van der Waals surface area contributed by atoms with Crippen molar-refractivity contribution in [3.05, 3.63) is 84.1 Å². The summed E-state index contributed by atoms with van der Waals surface area (Å²) in [6.07, 6.45) is 5.23. The molecule has 25 nitrogen and oxygen atoms in total. The SMILES string of the molecule is CCCC[C@H](NC(C)=O)C(=O)NC1CC(=O)NCCCC[C@@H](C(N)=O)NC(=O)[C@H](Cc2c[nH]c3ccccc23)NC(=O)[C@H](CCCN=C(N)N)NC(=O)[C@@H](Cc2ccc(O)cc2)NC(=O)C(c2cnc[nH]2)NC1=O. The molecule has 1 fully saturated rings. The van der Waals surface area contributed by atoms with Crippen molar-refractivity contribution in [3.63, 3.8) is 0 Å². The fraction of sp³-hybridized carbons (Fsp3) is 0.449. The Morgan fingerprint density at radius 1 is 0.811 bits per heavy atom. The number of amides is 9. The Hall–Kier alpha value is -8.51. The maximum absolute atomic E-state index is 14.7. The van der Waals surface area contributed by atoms with Crippen molar-refractivity contribution < 1.29 is 48.3 Å². The fourth-order valence-corrected chi connectivity index (χ4v) is 8.25. The molecule has 2 aromatic heterocycles. The van der Waals surface area contributed by atoms with Crippen molar-refractivity contribution in [2.45, 2.75) is 127 Å². The first-order valence-electron chi connectivity index (χ1n) is 24.4. The monoisotopic (exact) mass is 1030 g/mol. The summed E-state index contributed by atoms with van der Waals surface area (Å²) in [5.41, 5.74) is 18.8. The minimum absolute atomic E-state index is 0.0238. The standard InChI is InChI=1S/C49H67N15O10/c1-3-4-11-34(58-27(2)65)43(69)62-38-23-40(67)54-19-8-7-13-33(42(50)68)59-46(72)37(22-29-24-56-32-12-6-5-10-31(29)32)61-44(70)35(14-9-20-55-49(51)52)60-45(71)36(21-28-15-17-30(66)18-16-28)63-48(74)41(64-47(38)73)39-25-53-26-57-39/h5-6,10,12,15-18,24-26,33-38,41,56,66H,3-4,7-9,11,13-14,19-23H2,1-2H3,(H2,50,68)(H,53,57)(H,54,67)(H,58,65)(H,59,72)(H,60,71)(H,61,70)(H,62,69)(H,63,74)(H,64,73)(H4,51,52,55)/t33-,34-,35-,36+,37-,38?,41?/m0/s1. The molecule has 2 aromatic carbocycles. The highest BCUT2D eigenvalue weighted by molar-refractivity contribution is 5.99. The Bertz CT molecular complexity index is 2620. The van der Waals surface area contributed by atoms with E-state index < -0.39 is 102 Å². The molecule has 1 saturated heterocycles. The van der Waals surface area contributed by atoms with Gasteiger partial charge in [0.1, 0.15) is 48.0 Å². The van der Waals surface area contributed by atoms with Crippen LogP contribution in [-0.4, -0.2) is 129 Å². The van der Waals surface area contributed by atoms with Gasteiger partial charge in [0.15, 0.2) is 5.96 Å². The van der Waals surface area contributed by atoms with Crippen LogP contribution < -0.4 is 59.7 Å². The van der Waals surface area contributed by atoms with Crippen molar-refractivity contribution in [1.29, 1.82) is 0 Å². The molecule has 2 unspecified atom stereocenters. The second-order valence-electron chi connectivity index (χ2n) is 18.0. The summed E-state index contributed by atoms with van der Waals surface area (Å²) in [6.45, 7) is 3.18. The average Bonchev–Trinajstić information content (AvgIpc) is 4.05. The van der Waals surface area contributed by atoms with E-state index >= 15 is 0 Å². The number of nitrogens with two attached hydrogens (primary N) is 3. The van der Waals surface area contributed by atoms with Gasteiger partial charge >= 0.3 is 0 Å². The normalized spacial score (nSPS) is 21.3. The van der Waals surface area contributed by atoms with Gasteiger partial charge in [-0.15, -0.1) is 0 Å². The number of rotatable bonds is 16. The van der Waals surface area contributed by atoms with Crippen molar-refractivity contribution in [2.75, 3.05) is 13.1 Å². The highest BCUT2D eigenvalue weighted by Gasteiger charge is 2.36. The number of unbranched alkanes of at least 4 members (excludes halogenated alkanes) is 1. The van der Waals surface area contributed by atoms with Crippen molar-refractivity contribution in [2.24, 2.45) is 22.2 Å². The lowest BCUT2D eigenvalue weighted by Gasteiger charge is -2.27. The molecule has 25 heteroatoms. The highest BCUT2D eigenvalue weighted by Crippen LogP contribution is 2.20. The lowest BCUT2D eigenvalue weighted by molar-refractivity contribution is -0.136. The molecule has 0 bridgehead atoms. The topological polar surface area (TPSA) is 405 Å². The minimum Gasteiger partial charge on any atom is -0.508 e. The average molecular weight is 1030 g/mol. The number of benzene rings is 2. The van der Waals surface area contributed by atoms with E-state index in [1.165, 1.54) is 43.7 Å². The van der Waals surface area contributed by atoms with Gasteiger partial charge in [-0.05, 0) is 67.9 Å². The number of aromatic hydroxyl groups is 1. The van der Waals surface area contributed by atoms with Gasteiger partial charge in [0.25, 0.3) is 0 Å². The van der Waals surface area contributed by atoms with Crippen LogP contribution in [0.4, 0.5) is 0 Å². The third-order valence-electron chi connectivity index (χ3n) is 12.2. The Kier molecular flexibility index (Phi) is 21.3.